The maximum absolute atomic E-state index is 11.1. The number of hydrogen-bond acceptors (Lipinski definition) is 3. The molecule has 0 bridgehead atoms. The molecule has 1 unspecified atom stereocenters. The molecule has 2 fully saturated rings. The van der Waals surface area contributed by atoms with E-state index in [1.807, 2.05) is 0 Å². The van der Waals surface area contributed by atoms with Crippen molar-refractivity contribution in [2.45, 2.75) is 38.6 Å². The van der Waals surface area contributed by atoms with Crippen LogP contribution in [-0.2, 0) is 4.79 Å². The highest BCUT2D eigenvalue weighted by Crippen LogP contribution is 2.17. The van der Waals surface area contributed by atoms with E-state index in [1.54, 1.807) is 6.92 Å². The lowest BCUT2D eigenvalue weighted by Gasteiger charge is -2.36. The van der Waals surface area contributed by atoms with Crippen LogP contribution in [-0.4, -0.2) is 49.6 Å². The van der Waals surface area contributed by atoms with Crippen LogP contribution in [0.15, 0.2) is 0 Å². The third-order valence-corrected chi connectivity index (χ3v) is 3.89. The molecule has 2 rings (SSSR count). The second-order valence-electron chi connectivity index (χ2n) is 5.49. The fourth-order valence-electron chi connectivity index (χ4n) is 3.06. The van der Waals surface area contributed by atoms with Crippen LogP contribution in [0.3, 0.4) is 0 Å². The van der Waals surface area contributed by atoms with E-state index in [4.69, 9.17) is 0 Å². The molecular weight excluding hydrogens is 214 g/mol. The highest BCUT2D eigenvalue weighted by molar-refractivity contribution is 5.73. The zero-order valence-corrected chi connectivity index (χ0v) is 10.9. The van der Waals surface area contributed by atoms with Crippen LogP contribution in [0.2, 0.25) is 0 Å². The predicted octanol–water partition coefficient (Wildman–Crippen LogP) is 0.587. The highest BCUT2D eigenvalue weighted by atomic mass is 16.1. The van der Waals surface area contributed by atoms with E-state index in [-0.39, 0.29) is 5.91 Å². The summed E-state index contributed by atoms with van der Waals surface area (Å²) in [5.74, 6) is 0.964. The van der Waals surface area contributed by atoms with E-state index >= 15 is 0 Å². The molecule has 0 radical (unpaired) electrons. The molecule has 98 valence electrons. The summed E-state index contributed by atoms with van der Waals surface area (Å²) in [6.45, 7) is 7.44. The molecule has 17 heavy (non-hydrogen) atoms. The number of rotatable bonds is 3. The van der Waals surface area contributed by atoms with Crippen molar-refractivity contribution in [2.24, 2.45) is 5.92 Å². The minimum absolute atomic E-state index is 0.110. The van der Waals surface area contributed by atoms with Gasteiger partial charge in [0.25, 0.3) is 0 Å². The molecule has 0 saturated carbocycles. The summed E-state index contributed by atoms with van der Waals surface area (Å²) in [5.41, 5.74) is 0. The molecule has 4 heteroatoms. The Morgan fingerprint density at radius 1 is 1.35 bits per heavy atom. The van der Waals surface area contributed by atoms with Gasteiger partial charge < -0.3 is 15.5 Å². The fourth-order valence-corrected chi connectivity index (χ4v) is 3.06. The monoisotopic (exact) mass is 239 g/mol. The van der Waals surface area contributed by atoms with Crippen LogP contribution in [0.4, 0.5) is 0 Å². The lowest BCUT2D eigenvalue weighted by atomic mass is 9.96. The van der Waals surface area contributed by atoms with Crippen LogP contribution < -0.4 is 10.6 Å². The van der Waals surface area contributed by atoms with Crippen molar-refractivity contribution in [2.75, 3.05) is 32.7 Å². The SMILES string of the molecule is CC(=O)NC1CCCN(CC2CCNCC2)C1. The number of amides is 1. The summed E-state index contributed by atoms with van der Waals surface area (Å²) in [6, 6.07) is 0.378. The summed E-state index contributed by atoms with van der Waals surface area (Å²) in [7, 11) is 0. The van der Waals surface area contributed by atoms with Gasteiger partial charge in [0.2, 0.25) is 5.91 Å². The van der Waals surface area contributed by atoms with Crippen molar-refractivity contribution in [3.8, 4) is 0 Å². The van der Waals surface area contributed by atoms with Crippen molar-refractivity contribution >= 4 is 5.91 Å². The number of piperidine rings is 2. The fraction of sp³-hybridized carbons (Fsp3) is 0.923. The molecular formula is C13H25N3O. The first kappa shape index (κ1) is 12.8. The predicted molar refractivity (Wildman–Crippen MR) is 68.9 cm³/mol. The van der Waals surface area contributed by atoms with E-state index in [0.29, 0.717) is 6.04 Å². The van der Waals surface area contributed by atoms with Gasteiger partial charge in [-0.05, 0) is 51.2 Å². The van der Waals surface area contributed by atoms with Crippen LogP contribution in [0.25, 0.3) is 0 Å². The number of carbonyl (C=O) groups is 1. The molecule has 2 heterocycles. The molecule has 2 aliphatic heterocycles. The summed E-state index contributed by atoms with van der Waals surface area (Å²) in [5, 5.41) is 6.47. The molecule has 0 spiro atoms. The first-order valence-electron chi connectivity index (χ1n) is 6.94. The first-order valence-corrected chi connectivity index (χ1v) is 6.94. The number of nitrogens with one attached hydrogen (secondary N) is 2. The van der Waals surface area contributed by atoms with Crippen molar-refractivity contribution < 1.29 is 4.79 Å². The Bertz CT molecular complexity index is 251. The Morgan fingerprint density at radius 2 is 2.12 bits per heavy atom. The Kier molecular flexibility index (Phi) is 4.80. The van der Waals surface area contributed by atoms with Gasteiger partial charge in [0, 0.05) is 26.1 Å². The van der Waals surface area contributed by atoms with Gasteiger partial charge in [0.1, 0.15) is 0 Å². The van der Waals surface area contributed by atoms with Gasteiger partial charge in [-0.15, -0.1) is 0 Å². The molecule has 2 N–H and O–H groups in total. The average molecular weight is 239 g/mol. The zero-order valence-electron chi connectivity index (χ0n) is 10.9. The molecule has 1 atom stereocenters. The largest absolute Gasteiger partial charge is 0.352 e. The summed E-state index contributed by atoms with van der Waals surface area (Å²) >= 11 is 0. The molecule has 1 amide bonds. The van der Waals surface area contributed by atoms with Crippen LogP contribution in [0.1, 0.15) is 32.6 Å². The lowest BCUT2D eigenvalue weighted by Crippen LogP contribution is -2.49. The Balaban J connectivity index is 1.74. The molecule has 0 aromatic heterocycles. The Morgan fingerprint density at radius 3 is 2.82 bits per heavy atom. The van der Waals surface area contributed by atoms with E-state index < -0.39 is 0 Å². The molecule has 4 nitrogen and oxygen atoms in total. The van der Waals surface area contributed by atoms with E-state index in [0.717, 1.165) is 18.9 Å². The minimum atomic E-state index is 0.110. The van der Waals surface area contributed by atoms with E-state index in [9.17, 15) is 4.79 Å². The van der Waals surface area contributed by atoms with Crippen molar-refractivity contribution in [3.63, 3.8) is 0 Å². The van der Waals surface area contributed by atoms with Crippen molar-refractivity contribution in [1.82, 2.24) is 15.5 Å². The first-order chi connectivity index (χ1) is 8.24. The van der Waals surface area contributed by atoms with Gasteiger partial charge in [-0.25, -0.2) is 0 Å². The number of carbonyl (C=O) groups excluding carboxylic acids is 1. The normalized spacial score (nSPS) is 27.9. The van der Waals surface area contributed by atoms with Gasteiger partial charge in [-0.3, -0.25) is 4.79 Å². The molecule has 2 aliphatic rings. The minimum Gasteiger partial charge on any atom is -0.352 e. The van der Waals surface area contributed by atoms with Crippen LogP contribution >= 0.6 is 0 Å². The molecule has 0 aliphatic carbocycles. The standard InChI is InChI=1S/C13H25N3O/c1-11(17)15-13-3-2-8-16(10-13)9-12-4-6-14-7-5-12/h12-14H,2-10H2,1H3,(H,15,17). The van der Waals surface area contributed by atoms with E-state index in [2.05, 4.69) is 15.5 Å². The smallest absolute Gasteiger partial charge is 0.217 e. The topological polar surface area (TPSA) is 44.4 Å². The molecule has 0 aromatic carbocycles. The second-order valence-corrected chi connectivity index (χ2v) is 5.49. The average Bonchev–Trinajstić information content (AvgIpc) is 2.30. The Hall–Kier alpha value is -0.610. The summed E-state index contributed by atoms with van der Waals surface area (Å²) < 4.78 is 0. The maximum atomic E-state index is 11.1. The van der Waals surface area contributed by atoms with Crippen molar-refractivity contribution in [1.29, 1.82) is 0 Å². The van der Waals surface area contributed by atoms with Crippen molar-refractivity contribution in [3.05, 3.63) is 0 Å². The quantitative estimate of drug-likeness (QED) is 0.757. The van der Waals surface area contributed by atoms with Gasteiger partial charge >= 0.3 is 0 Å². The van der Waals surface area contributed by atoms with Crippen LogP contribution in [0.5, 0.6) is 0 Å². The summed E-state index contributed by atoms with van der Waals surface area (Å²) in [4.78, 5) is 13.6. The third-order valence-electron chi connectivity index (χ3n) is 3.89. The van der Waals surface area contributed by atoms with Gasteiger partial charge in [-0.2, -0.15) is 0 Å². The zero-order chi connectivity index (χ0) is 12.1. The number of hydrogen-bond donors (Lipinski definition) is 2. The highest BCUT2D eigenvalue weighted by Gasteiger charge is 2.23. The number of nitrogens with zero attached hydrogens (tertiary/aromatic N) is 1. The van der Waals surface area contributed by atoms with Crippen LogP contribution in [0, 0.1) is 5.92 Å². The molecule has 0 aromatic rings. The number of likely N-dealkylation sites (tertiary alicyclic amines) is 1. The van der Waals surface area contributed by atoms with Gasteiger partial charge in [0.05, 0.1) is 0 Å². The second kappa shape index (κ2) is 6.36. The lowest BCUT2D eigenvalue weighted by molar-refractivity contribution is -0.120. The van der Waals surface area contributed by atoms with Gasteiger partial charge in [0.15, 0.2) is 0 Å². The van der Waals surface area contributed by atoms with Gasteiger partial charge in [-0.1, -0.05) is 0 Å². The maximum Gasteiger partial charge on any atom is 0.217 e. The Labute approximate surface area is 104 Å². The molecule has 2 saturated heterocycles. The van der Waals surface area contributed by atoms with E-state index in [1.165, 1.54) is 45.4 Å². The summed E-state index contributed by atoms with van der Waals surface area (Å²) in [6.07, 6.45) is 4.97. The third kappa shape index (κ3) is 4.28.